The van der Waals surface area contributed by atoms with E-state index in [9.17, 15) is 9.59 Å². The van der Waals surface area contributed by atoms with Crippen LogP contribution in [0.5, 0.6) is 5.75 Å². The number of rotatable bonds is 2. The molecule has 6 nitrogen and oxygen atoms in total. The lowest BCUT2D eigenvalue weighted by Crippen LogP contribution is -2.38. The van der Waals surface area contributed by atoms with Crippen molar-refractivity contribution < 1.29 is 14.3 Å². The Morgan fingerprint density at radius 3 is 2.85 bits per heavy atom. The van der Waals surface area contributed by atoms with Crippen LogP contribution in [0.25, 0.3) is 5.57 Å². The molecular formula is C21H21N3O3. The monoisotopic (exact) mass is 363 g/mol. The molecule has 1 atom stereocenters. The van der Waals surface area contributed by atoms with E-state index < -0.39 is 6.10 Å². The van der Waals surface area contributed by atoms with E-state index in [-0.39, 0.29) is 11.9 Å². The first-order chi connectivity index (χ1) is 13.1. The van der Waals surface area contributed by atoms with Crippen molar-refractivity contribution >= 4 is 28.9 Å². The SMILES string of the molecule is CC1Oc2ccc(NC(=O)N3CCC=C(c4ccccc4)C3)cc2NC1=O. The normalized spacial score (nSPS) is 18.7. The predicted octanol–water partition coefficient (Wildman–Crippen LogP) is 3.73. The standard InChI is InChI=1S/C21H21N3O3/c1-14-20(25)23-18-12-17(9-10-19(18)27-14)22-21(26)24-11-5-8-16(13-24)15-6-3-2-4-7-15/h2-4,6-10,12,14H,5,11,13H2,1H3,(H,22,26)(H,23,25). The number of carbonyl (C=O) groups excluding carboxylic acids is 2. The lowest BCUT2D eigenvalue weighted by molar-refractivity contribution is -0.122. The highest BCUT2D eigenvalue weighted by Gasteiger charge is 2.24. The number of carbonyl (C=O) groups is 2. The Hall–Kier alpha value is -3.28. The van der Waals surface area contributed by atoms with Crippen LogP contribution in [0.15, 0.2) is 54.6 Å². The lowest BCUT2D eigenvalue weighted by Gasteiger charge is -2.28. The molecule has 0 saturated carbocycles. The molecule has 0 aliphatic carbocycles. The minimum absolute atomic E-state index is 0.159. The topological polar surface area (TPSA) is 70.7 Å². The van der Waals surface area contributed by atoms with Crippen LogP contribution in [0.3, 0.4) is 0 Å². The summed E-state index contributed by atoms with van der Waals surface area (Å²) in [6.45, 7) is 2.94. The van der Waals surface area contributed by atoms with Gasteiger partial charge in [-0.1, -0.05) is 36.4 Å². The van der Waals surface area contributed by atoms with Gasteiger partial charge in [0.25, 0.3) is 5.91 Å². The molecule has 138 valence electrons. The van der Waals surface area contributed by atoms with E-state index in [1.165, 1.54) is 0 Å². The summed E-state index contributed by atoms with van der Waals surface area (Å²) in [4.78, 5) is 26.3. The summed E-state index contributed by atoms with van der Waals surface area (Å²) in [7, 11) is 0. The van der Waals surface area contributed by atoms with Crippen molar-refractivity contribution in [1.29, 1.82) is 0 Å². The number of anilines is 2. The smallest absolute Gasteiger partial charge is 0.322 e. The van der Waals surface area contributed by atoms with Gasteiger partial charge in [0.05, 0.1) is 5.69 Å². The summed E-state index contributed by atoms with van der Waals surface area (Å²) in [5.74, 6) is 0.409. The maximum Gasteiger partial charge on any atom is 0.322 e. The maximum absolute atomic E-state index is 12.7. The van der Waals surface area contributed by atoms with Crippen molar-refractivity contribution in [2.75, 3.05) is 23.7 Å². The molecular weight excluding hydrogens is 342 g/mol. The summed E-state index contributed by atoms with van der Waals surface area (Å²) in [5.41, 5.74) is 3.47. The largest absolute Gasteiger partial charge is 0.479 e. The zero-order valence-electron chi connectivity index (χ0n) is 15.1. The number of hydrogen-bond acceptors (Lipinski definition) is 3. The molecule has 1 unspecified atom stereocenters. The molecule has 2 aliphatic heterocycles. The average Bonchev–Trinajstić information content (AvgIpc) is 2.70. The Morgan fingerprint density at radius 1 is 1.22 bits per heavy atom. The average molecular weight is 363 g/mol. The van der Waals surface area contributed by atoms with Gasteiger partial charge < -0.3 is 20.3 Å². The molecule has 0 aromatic heterocycles. The predicted molar refractivity (Wildman–Crippen MR) is 105 cm³/mol. The lowest BCUT2D eigenvalue weighted by atomic mass is 10.0. The summed E-state index contributed by atoms with van der Waals surface area (Å²) in [6.07, 6.45) is 2.49. The fourth-order valence-corrected chi connectivity index (χ4v) is 3.27. The van der Waals surface area contributed by atoms with Crippen molar-refractivity contribution in [3.63, 3.8) is 0 Å². The quantitative estimate of drug-likeness (QED) is 0.854. The molecule has 27 heavy (non-hydrogen) atoms. The molecule has 2 heterocycles. The Bertz CT molecular complexity index is 908. The van der Waals surface area contributed by atoms with Gasteiger partial charge in [0.1, 0.15) is 5.75 Å². The van der Waals surface area contributed by atoms with E-state index >= 15 is 0 Å². The second-order valence-corrected chi connectivity index (χ2v) is 6.70. The number of nitrogens with zero attached hydrogens (tertiary/aromatic N) is 1. The Morgan fingerprint density at radius 2 is 2.04 bits per heavy atom. The van der Waals surface area contributed by atoms with Gasteiger partial charge in [-0.05, 0) is 42.7 Å². The third kappa shape index (κ3) is 3.65. The summed E-state index contributed by atoms with van der Waals surface area (Å²) >= 11 is 0. The van der Waals surface area contributed by atoms with Gasteiger partial charge in [0.2, 0.25) is 0 Å². The van der Waals surface area contributed by atoms with Crippen LogP contribution in [-0.2, 0) is 4.79 Å². The van der Waals surface area contributed by atoms with Crippen LogP contribution < -0.4 is 15.4 Å². The molecule has 4 rings (SSSR count). The van der Waals surface area contributed by atoms with E-state index in [0.29, 0.717) is 30.2 Å². The number of nitrogens with one attached hydrogen (secondary N) is 2. The van der Waals surface area contributed by atoms with Crippen LogP contribution in [-0.4, -0.2) is 36.0 Å². The number of fused-ring (bicyclic) bond motifs is 1. The van der Waals surface area contributed by atoms with Gasteiger partial charge in [0.15, 0.2) is 6.10 Å². The third-order valence-electron chi connectivity index (χ3n) is 4.74. The summed E-state index contributed by atoms with van der Waals surface area (Å²) < 4.78 is 5.54. The number of ether oxygens (including phenoxy) is 1. The maximum atomic E-state index is 12.7. The van der Waals surface area contributed by atoms with Crippen LogP contribution in [0, 0.1) is 0 Å². The first kappa shape index (κ1) is 17.1. The van der Waals surface area contributed by atoms with Crippen molar-refractivity contribution in [2.24, 2.45) is 0 Å². The first-order valence-corrected chi connectivity index (χ1v) is 9.02. The van der Waals surface area contributed by atoms with Gasteiger partial charge in [-0.2, -0.15) is 0 Å². The van der Waals surface area contributed by atoms with Crippen molar-refractivity contribution in [3.8, 4) is 5.75 Å². The highest BCUT2D eigenvalue weighted by Crippen LogP contribution is 2.32. The van der Waals surface area contributed by atoms with Gasteiger partial charge in [-0.3, -0.25) is 4.79 Å². The van der Waals surface area contributed by atoms with Crippen molar-refractivity contribution in [3.05, 3.63) is 60.2 Å². The molecule has 0 saturated heterocycles. The number of urea groups is 1. The van der Waals surface area contributed by atoms with Crippen LogP contribution in [0.4, 0.5) is 16.2 Å². The fourth-order valence-electron chi connectivity index (χ4n) is 3.27. The Balaban J connectivity index is 1.45. The molecule has 2 aromatic rings. The minimum Gasteiger partial charge on any atom is -0.479 e. The molecule has 0 spiro atoms. The van der Waals surface area contributed by atoms with E-state index in [4.69, 9.17) is 4.74 Å². The molecule has 2 aliphatic rings. The third-order valence-corrected chi connectivity index (χ3v) is 4.74. The minimum atomic E-state index is -0.519. The van der Waals surface area contributed by atoms with E-state index in [2.05, 4.69) is 28.8 Å². The molecule has 6 heteroatoms. The second-order valence-electron chi connectivity index (χ2n) is 6.70. The molecule has 0 radical (unpaired) electrons. The molecule has 0 bridgehead atoms. The highest BCUT2D eigenvalue weighted by atomic mass is 16.5. The zero-order valence-corrected chi connectivity index (χ0v) is 15.1. The highest BCUT2D eigenvalue weighted by molar-refractivity contribution is 5.99. The summed E-state index contributed by atoms with van der Waals surface area (Å²) in [5, 5.41) is 5.71. The molecule has 2 aromatic carbocycles. The van der Waals surface area contributed by atoms with Crippen LogP contribution in [0.1, 0.15) is 18.9 Å². The molecule has 3 amide bonds. The summed E-state index contributed by atoms with van der Waals surface area (Å²) in [6, 6.07) is 15.2. The van der Waals surface area contributed by atoms with Crippen molar-refractivity contribution in [2.45, 2.75) is 19.4 Å². The van der Waals surface area contributed by atoms with Gasteiger partial charge in [-0.25, -0.2) is 4.79 Å². The number of benzene rings is 2. The number of amides is 3. The van der Waals surface area contributed by atoms with Gasteiger partial charge in [0, 0.05) is 18.8 Å². The van der Waals surface area contributed by atoms with Gasteiger partial charge in [-0.15, -0.1) is 0 Å². The van der Waals surface area contributed by atoms with Gasteiger partial charge >= 0.3 is 6.03 Å². The van der Waals surface area contributed by atoms with E-state index in [1.54, 1.807) is 30.0 Å². The van der Waals surface area contributed by atoms with E-state index in [1.807, 2.05) is 18.2 Å². The Kier molecular flexibility index (Phi) is 4.54. The Labute approximate surface area is 157 Å². The second kappa shape index (κ2) is 7.15. The first-order valence-electron chi connectivity index (χ1n) is 9.02. The fraction of sp³-hybridized carbons (Fsp3) is 0.238. The van der Waals surface area contributed by atoms with Crippen LogP contribution in [0.2, 0.25) is 0 Å². The zero-order chi connectivity index (χ0) is 18.8. The number of hydrogen-bond donors (Lipinski definition) is 2. The van der Waals surface area contributed by atoms with Crippen molar-refractivity contribution in [1.82, 2.24) is 4.90 Å². The molecule has 0 fully saturated rings. The molecule has 2 N–H and O–H groups in total. The van der Waals surface area contributed by atoms with Crippen LogP contribution >= 0.6 is 0 Å². The van der Waals surface area contributed by atoms with E-state index in [0.717, 1.165) is 17.6 Å².